The van der Waals surface area contributed by atoms with Crippen LogP contribution >= 0.6 is 0 Å². The number of hydrogen-bond donors (Lipinski definition) is 3. The van der Waals surface area contributed by atoms with Gasteiger partial charge < -0.3 is 25.4 Å². The van der Waals surface area contributed by atoms with E-state index in [-0.39, 0.29) is 30.4 Å². The standard InChI is InChI=1S/C12H23N3O4/c1-18-6-5-13-11(16)3-4-14-12(17)10-7-9(19-2)8-15-10/h9-10,15H,3-8H2,1-2H3,(H,13,16)(H,14,17). The maximum Gasteiger partial charge on any atom is 0.237 e. The lowest BCUT2D eigenvalue weighted by molar-refractivity contribution is -0.123. The Morgan fingerprint density at radius 3 is 2.68 bits per heavy atom. The van der Waals surface area contributed by atoms with Crippen LogP contribution in [-0.4, -0.2) is 64.4 Å². The van der Waals surface area contributed by atoms with E-state index in [1.54, 1.807) is 14.2 Å². The van der Waals surface area contributed by atoms with Crippen molar-refractivity contribution in [2.24, 2.45) is 0 Å². The topological polar surface area (TPSA) is 88.7 Å². The van der Waals surface area contributed by atoms with Gasteiger partial charge >= 0.3 is 0 Å². The summed E-state index contributed by atoms with van der Waals surface area (Å²) in [6.07, 6.45) is 1.03. The molecule has 0 radical (unpaired) electrons. The van der Waals surface area contributed by atoms with Crippen molar-refractivity contribution >= 4 is 11.8 Å². The first kappa shape index (κ1) is 15.9. The zero-order chi connectivity index (χ0) is 14.1. The van der Waals surface area contributed by atoms with Crippen LogP contribution in [0, 0.1) is 0 Å². The molecule has 0 aromatic carbocycles. The Kier molecular flexibility index (Phi) is 7.39. The van der Waals surface area contributed by atoms with E-state index >= 15 is 0 Å². The molecule has 0 aromatic rings. The third kappa shape index (κ3) is 6.00. The molecule has 1 rings (SSSR count). The average Bonchev–Trinajstić information content (AvgIpc) is 2.87. The molecule has 0 spiro atoms. The summed E-state index contributed by atoms with van der Waals surface area (Å²) in [5.41, 5.74) is 0. The second-order valence-electron chi connectivity index (χ2n) is 4.44. The van der Waals surface area contributed by atoms with Crippen molar-refractivity contribution in [2.45, 2.75) is 25.0 Å². The first-order valence-electron chi connectivity index (χ1n) is 6.47. The van der Waals surface area contributed by atoms with Gasteiger partial charge in [-0.15, -0.1) is 0 Å². The fraction of sp³-hybridized carbons (Fsp3) is 0.833. The van der Waals surface area contributed by atoms with Crippen molar-refractivity contribution < 1.29 is 19.1 Å². The van der Waals surface area contributed by atoms with Crippen LogP contribution in [0.25, 0.3) is 0 Å². The van der Waals surface area contributed by atoms with Gasteiger partial charge in [0, 0.05) is 40.3 Å². The summed E-state index contributed by atoms with van der Waals surface area (Å²) in [6.45, 7) is 2.01. The quantitative estimate of drug-likeness (QED) is 0.475. The summed E-state index contributed by atoms with van der Waals surface area (Å²) in [4.78, 5) is 23.1. The zero-order valence-corrected chi connectivity index (χ0v) is 11.5. The van der Waals surface area contributed by atoms with Crippen LogP contribution in [0.5, 0.6) is 0 Å². The molecular formula is C12H23N3O4. The number of carbonyl (C=O) groups is 2. The molecule has 0 aliphatic carbocycles. The Balaban J connectivity index is 2.09. The van der Waals surface area contributed by atoms with Gasteiger partial charge in [0.25, 0.3) is 0 Å². The summed E-state index contributed by atoms with van der Waals surface area (Å²) in [7, 11) is 3.21. The minimum Gasteiger partial charge on any atom is -0.383 e. The number of nitrogens with one attached hydrogen (secondary N) is 3. The van der Waals surface area contributed by atoms with Crippen molar-refractivity contribution in [2.75, 3.05) is 40.5 Å². The molecule has 7 nitrogen and oxygen atoms in total. The SMILES string of the molecule is COCCNC(=O)CCNC(=O)C1CC(OC)CN1. The number of rotatable bonds is 8. The fourth-order valence-corrected chi connectivity index (χ4v) is 1.89. The van der Waals surface area contributed by atoms with Gasteiger partial charge in [0.05, 0.1) is 18.8 Å². The highest BCUT2D eigenvalue weighted by molar-refractivity contribution is 5.83. The van der Waals surface area contributed by atoms with Crippen molar-refractivity contribution in [1.29, 1.82) is 0 Å². The molecule has 0 saturated carbocycles. The molecule has 0 aromatic heterocycles. The van der Waals surface area contributed by atoms with E-state index < -0.39 is 0 Å². The van der Waals surface area contributed by atoms with Gasteiger partial charge in [-0.1, -0.05) is 0 Å². The minimum atomic E-state index is -0.221. The summed E-state index contributed by atoms with van der Waals surface area (Å²) >= 11 is 0. The van der Waals surface area contributed by atoms with Gasteiger partial charge in [0.15, 0.2) is 0 Å². The molecule has 1 saturated heterocycles. The van der Waals surface area contributed by atoms with Crippen LogP contribution in [0.3, 0.4) is 0 Å². The van der Waals surface area contributed by atoms with E-state index in [0.717, 1.165) is 0 Å². The van der Waals surface area contributed by atoms with E-state index in [0.29, 0.717) is 32.7 Å². The van der Waals surface area contributed by atoms with Crippen molar-refractivity contribution in [3.8, 4) is 0 Å². The van der Waals surface area contributed by atoms with Gasteiger partial charge in [0.1, 0.15) is 0 Å². The first-order chi connectivity index (χ1) is 9.17. The lowest BCUT2D eigenvalue weighted by Gasteiger charge is -2.11. The molecule has 1 aliphatic heterocycles. The molecule has 0 bridgehead atoms. The van der Waals surface area contributed by atoms with Crippen molar-refractivity contribution in [3.63, 3.8) is 0 Å². The van der Waals surface area contributed by atoms with E-state index in [4.69, 9.17) is 9.47 Å². The van der Waals surface area contributed by atoms with Gasteiger partial charge in [0.2, 0.25) is 11.8 Å². The molecular weight excluding hydrogens is 250 g/mol. The van der Waals surface area contributed by atoms with Crippen molar-refractivity contribution in [3.05, 3.63) is 0 Å². The van der Waals surface area contributed by atoms with Crippen LogP contribution in [-0.2, 0) is 19.1 Å². The normalized spacial score (nSPS) is 22.2. The largest absolute Gasteiger partial charge is 0.383 e. The fourth-order valence-electron chi connectivity index (χ4n) is 1.89. The Labute approximate surface area is 113 Å². The second kappa shape index (κ2) is 8.84. The zero-order valence-electron chi connectivity index (χ0n) is 11.5. The Bertz CT molecular complexity index is 299. The average molecular weight is 273 g/mol. The molecule has 7 heteroatoms. The third-order valence-electron chi connectivity index (χ3n) is 3.02. The van der Waals surface area contributed by atoms with Gasteiger partial charge in [-0.3, -0.25) is 9.59 Å². The highest BCUT2D eigenvalue weighted by atomic mass is 16.5. The number of ether oxygens (including phenoxy) is 2. The first-order valence-corrected chi connectivity index (χ1v) is 6.47. The number of carbonyl (C=O) groups excluding carboxylic acids is 2. The number of methoxy groups -OCH3 is 2. The molecule has 3 N–H and O–H groups in total. The highest BCUT2D eigenvalue weighted by Gasteiger charge is 2.28. The molecule has 2 unspecified atom stereocenters. The van der Waals surface area contributed by atoms with Gasteiger partial charge in [-0.25, -0.2) is 0 Å². The maximum atomic E-state index is 11.8. The van der Waals surface area contributed by atoms with E-state index in [1.165, 1.54) is 0 Å². The van der Waals surface area contributed by atoms with E-state index in [9.17, 15) is 9.59 Å². The van der Waals surface area contributed by atoms with Crippen LogP contribution in [0.4, 0.5) is 0 Å². The second-order valence-corrected chi connectivity index (χ2v) is 4.44. The Hall–Kier alpha value is -1.18. The number of amides is 2. The van der Waals surface area contributed by atoms with E-state index in [2.05, 4.69) is 16.0 Å². The lowest BCUT2D eigenvalue weighted by atomic mass is 10.2. The summed E-state index contributed by atoms with van der Waals surface area (Å²) in [6, 6.07) is -0.221. The highest BCUT2D eigenvalue weighted by Crippen LogP contribution is 2.09. The van der Waals surface area contributed by atoms with Crippen molar-refractivity contribution in [1.82, 2.24) is 16.0 Å². The molecule has 1 aliphatic rings. The predicted octanol–water partition coefficient (Wildman–Crippen LogP) is -1.37. The summed E-state index contributed by atoms with van der Waals surface area (Å²) in [5, 5.41) is 8.52. The number of hydrogen-bond acceptors (Lipinski definition) is 5. The summed E-state index contributed by atoms with van der Waals surface area (Å²) < 4.78 is 9.99. The Morgan fingerprint density at radius 1 is 1.26 bits per heavy atom. The van der Waals surface area contributed by atoms with Crippen LogP contribution in [0.1, 0.15) is 12.8 Å². The Morgan fingerprint density at radius 2 is 2.05 bits per heavy atom. The predicted molar refractivity (Wildman–Crippen MR) is 69.7 cm³/mol. The summed E-state index contributed by atoms with van der Waals surface area (Å²) in [5.74, 6) is -0.171. The minimum absolute atomic E-state index is 0.0794. The molecule has 1 heterocycles. The smallest absolute Gasteiger partial charge is 0.237 e. The van der Waals surface area contributed by atoms with Crippen LogP contribution in [0.15, 0.2) is 0 Å². The monoisotopic (exact) mass is 273 g/mol. The van der Waals surface area contributed by atoms with E-state index in [1.807, 2.05) is 0 Å². The molecule has 19 heavy (non-hydrogen) atoms. The lowest BCUT2D eigenvalue weighted by Crippen LogP contribution is -2.41. The molecule has 1 fully saturated rings. The van der Waals surface area contributed by atoms with Crippen LogP contribution < -0.4 is 16.0 Å². The molecule has 110 valence electrons. The van der Waals surface area contributed by atoms with Gasteiger partial charge in [-0.05, 0) is 6.42 Å². The van der Waals surface area contributed by atoms with Crippen LogP contribution in [0.2, 0.25) is 0 Å². The molecule has 2 atom stereocenters. The third-order valence-corrected chi connectivity index (χ3v) is 3.02. The maximum absolute atomic E-state index is 11.8. The van der Waals surface area contributed by atoms with Gasteiger partial charge in [-0.2, -0.15) is 0 Å². The molecule has 2 amide bonds.